The van der Waals surface area contributed by atoms with Crippen LogP contribution in [-0.2, 0) is 4.79 Å². The number of benzene rings is 1. The molecular weight excluding hydrogens is 294 g/mol. The maximum Gasteiger partial charge on any atom is 0.177 e. The maximum atomic E-state index is 12.2. The molecule has 4 heteroatoms. The number of carbonyl (C=O) groups is 2. The number of halogens is 1. The number of likely N-dealkylation sites (tertiary alicyclic amines) is 1. The van der Waals surface area contributed by atoms with Gasteiger partial charge in [-0.1, -0.05) is 41.1 Å². The lowest BCUT2D eigenvalue weighted by Crippen LogP contribution is -2.42. The third kappa shape index (κ3) is 3.06. The number of piperidine rings is 1. The van der Waals surface area contributed by atoms with E-state index < -0.39 is 0 Å². The van der Waals surface area contributed by atoms with Gasteiger partial charge >= 0.3 is 0 Å². The number of hydrogen-bond donors (Lipinski definition) is 0. The summed E-state index contributed by atoms with van der Waals surface area (Å²) in [5, 5.41) is 0. The Morgan fingerprint density at radius 3 is 2.83 bits per heavy atom. The average Bonchev–Trinajstić information content (AvgIpc) is 2.34. The molecular formula is C14H16BrNO2. The Morgan fingerprint density at radius 2 is 2.17 bits per heavy atom. The van der Waals surface area contributed by atoms with E-state index in [-0.39, 0.29) is 11.7 Å². The van der Waals surface area contributed by atoms with Gasteiger partial charge in [0, 0.05) is 35.5 Å². The molecule has 3 nitrogen and oxygen atoms in total. The van der Waals surface area contributed by atoms with E-state index in [9.17, 15) is 9.59 Å². The molecule has 0 spiro atoms. The van der Waals surface area contributed by atoms with Crippen LogP contribution in [0.5, 0.6) is 0 Å². The van der Waals surface area contributed by atoms with Gasteiger partial charge in [0.05, 0.1) is 6.54 Å². The molecule has 1 saturated heterocycles. The minimum absolute atomic E-state index is 0.0470. The van der Waals surface area contributed by atoms with Gasteiger partial charge in [0.25, 0.3) is 0 Å². The van der Waals surface area contributed by atoms with Crippen LogP contribution >= 0.6 is 15.9 Å². The summed E-state index contributed by atoms with van der Waals surface area (Å²) in [4.78, 5) is 25.7. The molecule has 0 bridgehead atoms. The van der Waals surface area contributed by atoms with Crippen molar-refractivity contribution in [2.45, 2.75) is 13.3 Å². The second kappa shape index (κ2) is 5.76. The highest BCUT2D eigenvalue weighted by molar-refractivity contribution is 9.10. The number of Topliss-reactive ketones (excluding diaryl/α,β-unsaturated/α-hetero) is 2. The zero-order valence-electron chi connectivity index (χ0n) is 10.4. The van der Waals surface area contributed by atoms with E-state index in [2.05, 4.69) is 20.8 Å². The number of hydrogen-bond acceptors (Lipinski definition) is 3. The lowest BCUT2D eigenvalue weighted by atomic mass is 9.98. The second-order valence-electron chi connectivity index (χ2n) is 4.76. The Balaban J connectivity index is 2.00. The van der Waals surface area contributed by atoms with Gasteiger partial charge in [-0.05, 0) is 6.07 Å². The molecule has 0 radical (unpaired) electrons. The Kier molecular flexibility index (Phi) is 4.30. The third-order valence-corrected chi connectivity index (χ3v) is 3.99. The molecule has 0 aliphatic carbocycles. The van der Waals surface area contributed by atoms with E-state index in [1.807, 2.05) is 31.2 Å². The minimum Gasteiger partial charge on any atom is -0.299 e. The summed E-state index contributed by atoms with van der Waals surface area (Å²) in [6.07, 6.45) is 0.560. The van der Waals surface area contributed by atoms with E-state index in [0.717, 1.165) is 4.47 Å². The zero-order valence-corrected chi connectivity index (χ0v) is 11.9. The topological polar surface area (TPSA) is 37.4 Å². The van der Waals surface area contributed by atoms with E-state index >= 15 is 0 Å². The van der Waals surface area contributed by atoms with Crippen LogP contribution in [0.2, 0.25) is 0 Å². The summed E-state index contributed by atoms with van der Waals surface area (Å²) >= 11 is 3.39. The van der Waals surface area contributed by atoms with Crippen LogP contribution in [0.3, 0.4) is 0 Å². The zero-order chi connectivity index (χ0) is 13.1. The average molecular weight is 310 g/mol. The van der Waals surface area contributed by atoms with Crippen LogP contribution < -0.4 is 0 Å². The normalized spacial score (nSPS) is 21.0. The first-order chi connectivity index (χ1) is 8.58. The summed E-state index contributed by atoms with van der Waals surface area (Å²) in [6.45, 7) is 3.70. The van der Waals surface area contributed by atoms with E-state index in [4.69, 9.17) is 0 Å². The molecule has 0 N–H and O–H groups in total. The lowest BCUT2D eigenvalue weighted by molar-refractivity contribution is -0.125. The fourth-order valence-corrected chi connectivity index (χ4v) is 2.72. The third-order valence-electron chi connectivity index (χ3n) is 3.30. The minimum atomic E-state index is 0.0470. The predicted octanol–water partition coefficient (Wildman–Crippen LogP) is 2.54. The van der Waals surface area contributed by atoms with Crippen LogP contribution in [-0.4, -0.2) is 36.1 Å². The van der Waals surface area contributed by atoms with Crippen molar-refractivity contribution in [1.82, 2.24) is 4.90 Å². The molecule has 1 aliphatic heterocycles. The van der Waals surface area contributed by atoms with Crippen molar-refractivity contribution in [3.63, 3.8) is 0 Å². The number of nitrogens with zero attached hydrogens (tertiary/aromatic N) is 1. The van der Waals surface area contributed by atoms with Gasteiger partial charge in [0.15, 0.2) is 5.78 Å². The number of carbonyl (C=O) groups excluding carboxylic acids is 2. The van der Waals surface area contributed by atoms with Gasteiger partial charge in [-0.25, -0.2) is 0 Å². The first kappa shape index (κ1) is 13.4. The Bertz CT molecular complexity index is 473. The fraction of sp³-hybridized carbons (Fsp3) is 0.429. The lowest BCUT2D eigenvalue weighted by Gasteiger charge is -2.29. The molecule has 18 heavy (non-hydrogen) atoms. The number of rotatable bonds is 3. The molecule has 1 aliphatic rings. The van der Waals surface area contributed by atoms with Crippen LogP contribution in [0, 0.1) is 5.92 Å². The van der Waals surface area contributed by atoms with Crippen molar-refractivity contribution < 1.29 is 9.59 Å². The van der Waals surface area contributed by atoms with Gasteiger partial charge < -0.3 is 0 Å². The molecule has 0 amide bonds. The number of ketones is 2. The first-order valence-corrected chi connectivity index (χ1v) is 6.90. The second-order valence-corrected chi connectivity index (χ2v) is 5.61. The van der Waals surface area contributed by atoms with Crippen LogP contribution in [0.1, 0.15) is 23.7 Å². The molecule has 96 valence electrons. The molecule has 1 heterocycles. The highest BCUT2D eigenvalue weighted by Gasteiger charge is 2.25. The fourth-order valence-electron chi connectivity index (χ4n) is 2.21. The summed E-state index contributed by atoms with van der Waals surface area (Å²) in [5.41, 5.74) is 0.710. The Labute approximate surface area is 115 Å². The highest BCUT2D eigenvalue weighted by atomic mass is 79.9. The van der Waals surface area contributed by atoms with Gasteiger partial charge in [-0.3, -0.25) is 14.5 Å². The van der Waals surface area contributed by atoms with Gasteiger partial charge in [-0.2, -0.15) is 0 Å². The molecule has 1 atom stereocenters. The van der Waals surface area contributed by atoms with Crippen molar-refractivity contribution in [1.29, 1.82) is 0 Å². The van der Waals surface area contributed by atoms with Crippen LogP contribution in [0.4, 0.5) is 0 Å². The van der Waals surface area contributed by atoms with Crippen molar-refractivity contribution in [2.24, 2.45) is 5.92 Å². The molecule has 1 fully saturated rings. The van der Waals surface area contributed by atoms with Gasteiger partial charge in [-0.15, -0.1) is 0 Å². The van der Waals surface area contributed by atoms with Crippen molar-refractivity contribution in [3.8, 4) is 0 Å². The monoisotopic (exact) mass is 309 g/mol. The largest absolute Gasteiger partial charge is 0.299 e. The molecule has 1 unspecified atom stereocenters. The molecule has 2 rings (SSSR count). The van der Waals surface area contributed by atoms with Crippen LogP contribution in [0.15, 0.2) is 28.7 Å². The van der Waals surface area contributed by atoms with E-state index in [1.54, 1.807) is 0 Å². The summed E-state index contributed by atoms with van der Waals surface area (Å²) in [6, 6.07) is 7.45. The van der Waals surface area contributed by atoms with Gasteiger partial charge in [0.1, 0.15) is 5.78 Å². The SMILES string of the molecule is CC1CN(CC(=O)c2ccccc2Br)CCC1=O. The van der Waals surface area contributed by atoms with Gasteiger partial charge in [0.2, 0.25) is 0 Å². The van der Waals surface area contributed by atoms with Crippen molar-refractivity contribution in [3.05, 3.63) is 34.3 Å². The van der Waals surface area contributed by atoms with Crippen molar-refractivity contribution in [2.75, 3.05) is 19.6 Å². The maximum absolute atomic E-state index is 12.2. The van der Waals surface area contributed by atoms with Crippen LogP contribution in [0.25, 0.3) is 0 Å². The Hall–Kier alpha value is -1.00. The quantitative estimate of drug-likeness (QED) is 0.805. The molecule has 1 aromatic carbocycles. The summed E-state index contributed by atoms with van der Waals surface area (Å²) in [7, 11) is 0. The summed E-state index contributed by atoms with van der Waals surface area (Å²) in [5.74, 6) is 0.453. The van der Waals surface area contributed by atoms with E-state index in [0.29, 0.717) is 37.4 Å². The van der Waals surface area contributed by atoms with Crippen molar-refractivity contribution >= 4 is 27.5 Å². The Morgan fingerprint density at radius 1 is 1.44 bits per heavy atom. The molecule has 0 saturated carbocycles. The summed E-state index contributed by atoms with van der Waals surface area (Å²) < 4.78 is 0.830. The molecule has 1 aromatic rings. The smallest absolute Gasteiger partial charge is 0.177 e. The highest BCUT2D eigenvalue weighted by Crippen LogP contribution is 2.18. The van der Waals surface area contributed by atoms with E-state index in [1.165, 1.54) is 0 Å². The predicted molar refractivity (Wildman–Crippen MR) is 73.7 cm³/mol. The molecule has 0 aromatic heterocycles. The standard InChI is InChI=1S/C14H16BrNO2/c1-10-8-16(7-6-13(10)17)9-14(18)11-4-2-3-5-12(11)15/h2-5,10H,6-9H2,1H3. The first-order valence-electron chi connectivity index (χ1n) is 6.10.